The molecule has 29 heavy (non-hydrogen) atoms. The fourth-order valence-electron chi connectivity index (χ4n) is 2.97. The van der Waals surface area contributed by atoms with Crippen LogP contribution in [0.15, 0.2) is 29.5 Å². The fraction of sp³-hybridized carbons (Fsp3) is 0.524. The number of hydrogen-bond donors (Lipinski definition) is 2. The lowest BCUT2D eigenvalue weighted by Gasteiger charge is -2.22. The first-order valence-electron chi connectivity index (χ1n) is 10.0. The normalized spacial score (nSPS) is 11.6. The summed E-state index contributed by atoms with van der Waals surface area (Å²) in [5.74, 6) is 1.59. The number of carbonyl (C=O) groups excluding carboxylic acids is 1. The molecule has 0 bridgehead atoms. The molecule has 0 aromatic carbocycles. The van der Waals surface area contributed by atoms with Gasteiger partial charge in [0.05, 0.1) is 12.2 Å². The third kappa shape index (κ3) is 6.89. The third-order valence-electron chi connectivity index (χ3n) is 4.37. The van der Waals surface area contributed by atoms with Crippen LogP contribution in [0.3, 0.4) is 0 Å². The SMILES string of the molecule is CCNC(=NCCC(=O)Nc1ccc(C)cn1)N(C)Cc1cn(C)nc1C(C)C. The molecule has 0 aliphatic heterocycles. The quantitative estimate of drug-likeness (QED) is 0.526. The number of anilines is 1. The number of guanidine groups is 1. The van der Waals surface area contributed by atoms with E-state index in [2.05, 4.69) is 50.7 Å². The molecule has 8 heteroatoms. The molecule has 0 spiro atoms. The number of amides is 1. The molecule has 2 N–H and O–H groups in total. The molecule has 2 heterocycles. The average Bonchev–Trinajstić information content (AvgIpc) is 3.03. The summed E-state index contributed by atoms with van der Waals surface area (Å²) in [4.78, 5) is 23.0. The molecule has 0 saturated heterocycles. The minimum atomic E-state index is -0.0991. The van der Waals surface area contributed by atoms with Crippen molar-refractivity contribution in [3.63, 3.8) is 0 Å². The Morgan fingerprint density at radius 3 is 2.72 bits per heavy atom. The van der Waals surface area contributed by atoms with Crippen molar-refractivity contribution >= 4 is 17.7 Å². The molecule has 8 nitrogen and oxygen atoms in total. The monoisotopic (exact) mass is 399 g/mol. The number of carbonyl (C=O) groups is 1. The molecule has 0 aliphatic rings. The second-order valence-corrected chi connectivity index (χ2v) is 7.48. The highest BCUT2D eigenvalue weighted by Gasteiger charge is 2.15. The Balaban J connectivity index is 1.96. The Morgan fingerprint density at radius 1 is 1.34 bits per heavy atom. The molecule has 158 valence electrons. The van der Waals surface area contributed by atoms with Crippen LogP contribution in [0.2, 0.25) is 0 Å². The third-order valence-corrected chi connectivity index (χ3v) is 4.37. The van der Waals surface area contributed by atoms with Crippen molar-refractivity contribution in [2.45, 2.75) is 46.6 Å². The lowest BCUT2D eigenvalue weighted by Crippen LogP contribution is -2.38. The summed E-state index contributed by atoms with van der Waals surface area (Å²) >= 11 is 0. The van der Waals surface area contributed by atoms with Gasteiger partial charge in [-0.1, -0.05) is 19.9 Å². The standard InChI is InChI=1S/C21H33N7O/c1-7-22-21(27(5)13-17-14-28(6)26-20(17)15(2)3)23-11-10-19(29)25-18-9-8-16(4)12-24-18/h8-9,12,14-15H,7,10-11,13H2,1-6H3,(H,22,23)(H,24,25,29). The van der Waals surface area contributed by atoms with Gasteiger partial charge >= 0.3 is 0 Å². The first-order valence-corrected chi connectivity index (χ1v) is 10.0. The van der Waals surface area contributed by atoms with Gasteiger partial charge in [0.15, 0.2) is 5.96 Å². The van der Waals surface area contributed by atoms with Gasteiger partial charge in [0, 0.05) is 51.6 Å². The van der Waals surface area contributed by atoms with Crippen LogP contribution in [-0.2, 0) is 18.4 Å². The van der Waals surface area contributed by atoms with E-state index >= 15 is 0 Å². The van der Waals surface area contributed by atoms with Crippen molar-refractivity contribution in [1.82, 2.24) is 25.0 Å². The summed E-state index contributed by atoms with van der Waals surface area (Å²) in [7, 11) is 3.94. The summed E-state index contributed by atoms with van der Waals surface area (Å²) in [6.07, 6.45) is 4.08. The van der Waals surface area contributed by atoms with Gasteiger partial charge in [0.2, 0.25) is 5.91 Å². The molecule has 2 aromatic rings. The Morgan fingerprint density at radius 2 is 2.10 bits per heavy atom. The summed E-state index contributed by atoms with van der Waals surface area (Å²) in [6.45, 7) is 10.1. The molecule has 0 radical (unpaired) electrons. The van der Waals surface area contributed by atoms with E-state index in [1.54, 1.807) is 12.3 Å². The van der Waals surface area contributed by atoms with Crippen LogP contribution in [0.4, 0.5) is 5.82 Å². The highest BCUT2D eigenvalue weighted by Crippen LogP contribution is 2.18. The summed E-state index contributed by atoms with van der Waals surface area (Å²) in [6, 6.07) is 3.72. The molecule has 1 amide bonds. The molecule has 0 unspecified atom stereocenters. The predicted molar refractivity (Wildman–Crippen MR) is 117 cm³/mol. The van der Waals surface area contributed by atoms with Crippen LogP contribution in [-0.4, -0.2) is 51.7 Å². The van der Waals surface area contributed by atoms with Gasteiger partial charge < -0.3 is 15.5 Å². The van der Waals surface area contributed by atoms with Crippen molar-refractivity contribution in [3.8, 4) is 0 Å². The van der Waals surface area contributed by atoms with Gasteiger partial charge in [-0.2, -0.15) is 5.10 Å². The first-order chi connectivity index (χ1) is 13.8. The number of rotatable bonds is 8. The van der Waals surface area contributed by atoms with E-state index in [9.17, 15) is 4.79 Å². The number of aromatic nitrogens is 3. The molecule has 0 saturated carbocycles. The van der Waals surface area contributed by atoms with E-state index in [-0.39, 0.29) is 5.91 Å². The average molecular weight is 400 g/mol. The zero-order chi connectivity index (χ0) is 21.4. The summed E-state index contributed by atoms with van der Waals surface area (Å²) < 4.78 is 1.85. The summed E-state index contributed by atoms with van der Waals surface area (Å²) in [5.41, 5.74) is 3.33. The minimum Gasteiger partial charge on any atom is -0.357 e. The molecule has 0 fully saturated rings. The highest BCUT2D eigenvalue weighted by molar-refractivity contribution is 5.90. The maximum absolute atomic E-state index is 12.2. The van der Waals surface area contributed by atoms with E-state index < -0.39 is 0 Å². The number of nitrogens with zero attached hydrogens (tertiary/aromatic N) is 5. The van der Waals surface area contributed by atoms with Gasteiger partial charge in [-0.15, -0.1) is 0 Å². The van der Waals surface area contributed by atoms with Crippen LogP contribution in [0.25, 0.3) is 0 Å². The number of pyridine rings is 1. The van der Waals surface area contributed by atoms with Gasteiger partial charge in [-0.25, -0.2) is 4.98 Å². The minimum absolute atomic E-state index is 0.0991. The van der Waals surface area contributed by atoms with Crippen molar-refractivity contribution in [2.75, 3.05) is 25.5 Å². The molecule has 0 atom stereocenters. The number of aryl methyl sites for hydroxylation is 2. The number of nitrogens with one attached hydrogen (secondary N) is 2. The van der Waals surface area contributed by atoms with Gasteiger partial charge in [0.25, 0.3) is 0 Å². The lowest BCUT2D eigenvalue weighted by molar-refractivity contribution is -0.116. The lowest BCUT2D eigenvalue weighted by atomic mass is 10.1. The zero-order valence-electron chi connectivity index (χ0n) is 18.4. The smallest absolute Gasteiger partial charge is 0.227 e. The van der Waals surface area contributed by atoms with Crippen LogP contribution in [0.5, 0.6) is 0 Å². The maximum Gasteiger partial charge on any atom is 0.227 e. The Kier molecular flexibility index (Phi) is 8.18. The maximum atomic E-state index is 12.2. The summed E-state index contributed by atoms with van der Waals surface area (Å²) in [5, 5.41) is 10.7. The van der Waals surface area contributed by atoms with Crippen LogP contribution in [0, 0.1) is 6.92 Å². The molecular weight excluding hydrogens is 366 g/mol. The Bertz CT molecular complexity index is 824. The van der Waals surface area contributed by atoms with Crippen LogP contribution >= 0.6 is 0 Å². The van der Waals surface area contributed by atoms with Crippen molar-refractivity contribution in [3.05, 3.63) is 41.3 Å². The van der Waals surface area contributed by atoms with E-state index in [1.807, 2.05) is 38.7 Å². The van der Waals surface area contributed by atoms with E-state index in [4.69, 9.17) is 0 Å². The van der Waals surface area contributed by atoms with Crippen molar-refractivity contribution in [2.24, 2.45) is 12.0 Å². The Labute approximate surface area is 173 Å². The van der Waals surface area contributed by atoms with Gasteiger partial charge in [0.1, 0.15) is 5.82 Å². The number of aliphatic imine (C=N–C) groups is 1. The predicted octanol–water partition coefficient (Wildman–Crippen LogP) is 2.67. The molecular formula is C21H33N7O. The molecule has 2 rings (SSSR count). The first kappa shape index (κ1) is 22.4. The second-order valence-electron chi connectivity index (χ2n) is 7.48. The van der Waals surface area contributed by atoms with E-state index in [1.165, 1.54) is 5.56 Å². The largest absolute Gasteiger partial charge is 0.357 e. The van der Waals surface area contributed by atoms with Crippen LogP contribution < -0.4 is 10.6 Å². The van der Waals surface area contributed by atoms with Crippen LogP contribution in [0.1, 0.15) is 49.9 Å². The number of hydrogen-bond acceptors (Lipinski definition) is 4. The topological polar surface area (TPSA) is 87.4 Å². The highest BCUT2D eigenvalue weighted by atomic mass is 16.1. The van der Waals surface area contributed by atoms with Gasteiger partial charge in [-0.3, -0.25) is 14.5 Å². The van der Waals surface area contributed by atoms with Crippen molar-refractivity contribution < 1.29 is 4.79 Å². The molecule has 2 aromatic heterocycles. The van der Waals surface area contributed by atoms with Gasteiger partial charge in [-0.05, 0) is 31.4 Å². The second kappa shape index (κ2) is 10.6. The van der Waals surface area contributed by atoms with E-state index in [0.717, 1.165) is 23.8 Å². The molecule has 0 aliphatic carbocycles. The van der Waals surface area contributed by atoms with E-state index in [0.29, 0.717) is 31.2 Å². The fourth-order valence-corrected chi connectivity index (χ4v) is 2.97. The Hall–Kier alpha value is -2.90. The van der Waals surface area contributed by atoms with Crippen molar-refractivity contribution in [1.29, 1.82) is 0 Å². The zero-order valence-corrected chi connectivity index (χ0v) is 18.4.